The maximum absolute atomic E-state index is 6.74. The van der Waals surface area contributed by atoms with E-state index in [1.807, 2.05) is 0 Å². The Morgan fingerprint density at radius 2 is 1.48 bits per heavy atom. The van der Waals surface area contributed by atoms with Gasteiger partial charge in [0, 0.05) is 10.8 Å². The van der Waals surface area contributed by atoms with Crippen LogP contribution in [0.4, 0.5) is 5.69 Å². The van der Waals surface area contributed by atoms with Crippen LogP contribution in [-0.2, 0) is 6.42 Å². The summed E-state index contributed by atoms with van der Waals surface area (Å²) in [6.45, 7) is 2.06. The molecule has 0 amide bonds. The molecular formula is C31H24N2. The molecule has 0 spiro atoms. The molecule has 7 rings (SSSR count). The Bertz CT molecular complexity index is 1680. The predicted molar refractivity (Wildman–Crippen MR) is 141 cm³/mol. The quantitative estimate of drug-likeness (QED) is 0.302. The van der Waals surface area contributed by atoms with Crippen LogP contribution in [0.2, 0.25) is 0 Å². The number of allylic oxidation sites excluding steroid dienone is 2. The Labute approximate surface area is 193 Å². The number of benzene rings is 4. The third-order valence-corrected chi connectivity index (χ3v) is 7.29. The summed E-state index contributed by atoms with van der Waals surface area (Å²) < 4.78 is 2.41. The van der Waals surface area contributed by atoms with Crippen LogP contribution in [0.15, 0.2) is 84.9 Å². The summed E-state index contributed by atoms with van der Waals surface area (Å²) >= 11 is 0. The zero-order valence-corrected chi connectivity index (χ0v) is 18.6. The summed E-state index contributed by atoms with van der Waals surface area (Å²) in [5.74, 6) is 0. The van der Waals surface area contributed by atoms with Crippen molar-refractivity contribution < 1.29 is 0 Å². The van der Waals surface area contributed by atoms with Gasteiger partial charge in [0.15, 0.2) is 0 Å². The van der Waals surface area contributed by atoms with Crippen molar-refractivity contribution in [2.45, 2.75) is 19.8 Å². The molecule has 0 atom stereocenters. The van der Waals surface area contributed by atoms with Gasteiger partial charge in [-0.2, -0.15) is 0 Å². The van der Waals surface area contributed by atoms with Crippen LogP contribution in [-0.4, -0.2) is 4.57 Å². The van der Waals surface area contributed by atoms with Gasteiger partial charge in [-0.3, -0.25) is 0 Å². The Morgan fingerprint density at radius 3 is 2.30 bits per heavy atom. The van der Waals surface area contributed by atoms with Crippen molar-refractivity contribution in [1.29, 1.82) is 0 Å². The number of nitrogens with zero attached hydrogens (tertiary/aromatic N) is 1. The average Bonchev–Trinajstić information content (AvgIpc) is 3.34. The number of anilines is 1. The standard InChI is InChI=1S/C31H24N2/c1-2-10-27-30(32)24-15-7-8-18-26(24)33(27)31-23-14-6-5-13-22(23)28-20-12-4-3-11-19(20)21-16-9-17-25(31)29(21)28/h2-8,10-16,18H,9,17,32H2,1H3/b10-2-. The molecular weight excluding hydrogens is 400 g/mol. The van der Waals surface area contributed by atoms with Crippen molar-refractivity contribution in [2.75, 3.05) is 5.73 Å². The minimum Gasteiger partial charge on any atom is -0.396 e. The van der Waals surface area contributed by atoms with Crippen LogP contribution in [0.25, 0.3) is 50.1 Å². The molecule has 1 heterocycles. The summed E-state index contributed by atoms with van der Waals surface area (Å²) in [7, 11) is 0. The van der Waals surface area contributed by atoms with Gasteiger partial charge < -0.3 is 10.3 Å². The first-order valence-electron chi connectivity index (χ1n) is 11.7. The van der Waals surface area contributed by atoms with E-state index < -0.39 is 0 Å². The predicted octanol–water partition coefficient (Wildman–Crippen LogP) is 7.76. The Balaban J connectivity index is 1.72. The summed E-state index contributed by atoms with van der Waals surface area (Å²) in [5.41, 5.74) is 19.4. The minimum atomic E-state index is 0.843. The van der Waals surface area contributed by atoms with Crippen molar-refractivity contribution in [3.8, 4) is 16.8 Å². The van der Waals surface area contributed by atoms with E-state index in [9.17, 15) is 0 Å². The van der Waals surface area contributed by atoms with Gasteiger partial charge in [0.2, 0.25) is 0 Å². The van der Waals surface area contributed by atoms with E-state index >= 15 is 0 Å². The number of para-hydroxylation sites is 1. The van der Waals surface area contributed by atoms with Gasteiger partial charge in [0.05, 0.1) is 22.6 Å². The highest BCUT2D eigenvalue weighted by Crippen LogP contribution is 2.53. The average molecular weight is 425 g/mol. The molecule has 0 radical (unpaired) electrons. The van der Waals surface area contributed by atoms with Gasteiger partial charge >= 0.3 is 0 Å². The Kier molecular flexibility index (Phi) is 3.78. The topological polar surface area (TPSA) is 30.9 Å². The SMILES string of the molecule is C/C=C\c1c(N)c2ccccc2n1-c1c2c3c(c4ccccc14)-c1ccccc1C3=CCC2. The number of hydrogen-bond donors (Lipinski definition) is 1. The van der Waals surface area contributed by atoms with Crippen LogP contribution >= 0.6 is 0 Å². The summed E-state index contributed by atoms with van der Waals surface area (Å²) in [6, 6.07) is 26.3. The molecule has 158 valence electrons. The molecule has 0 saturated carbocycles. The second-order valence-corrected chi connectivity index (χ2v) is 8.98. The molecule has 0 bridgehead atoms. The van der Waals surface area contributed by atoms with Crippen LogP contribution in [0.1, 0.15) is 35.7 Å². The van der Waals surface area contributed by atoms with Crippen molar-refractivity contribution in [1.82, 2.24) is 4.57 Å². The largest absolute Gasteiger partial charge is 0.396 e. The van der Waals surface area contributed by atoms with E-state index in [2.05, 4.69) is 103 Å². The second-order valence-electron chi connectivity index (χ2n) is 8.98. The highest BCUT2D eigenvalue weighted by molar-refractivity contribution is 6.16. The lowest BCUT2D eigenvalue weighted by Crippen LogP contribution is -2.09. The molecule has 2 aliphatic carbocycles. The molecule has 0 fully saturated rings. The van der Waals surface area contributed by atoms with E-state index in [0.717, 1.165) is 35.1 Å². The lowest BCUT2D eigenvalue weighted by molar-refractivity contribution is 0.955. The molecule has 2 aliphatic rings. The Hall–Kier alpha value is -4.04. The smallest absolute Gasteiger partial charge is 0.0695 e. The first-order chi connectivity index (χ1) is 16.3. The summed E-state index contributed by atoms with van der Waals surface area (Å²) in [5, 5.41) is 3.71. The summed E-state index contributed by atoms with van der Waals surface area (Å²) in [6.07, 6.45) is 8.75. The fraction of sp³-hybridized carbons (Fsp3) is 0.0968. The normalized spacial score (nSPS) is 14.2. The second kappa shape index (κ2) is 6.73. The molecule has 2 N–H and O–H groups in total. The van der Waals surface area contributed by atoms with Crippen molar-refractivity contribution in [2.24, 2.45) is 0 Å². The van der Waals surface area contributed by atoms with E-state index in [1.54, 1.807) is 0 Å². The molecule has 5 aromatic rings. The van der Waals surface area contributed by atoms with E-state index in [1.165, 1.54) is 49.9 Å². The lowest BCUT2D eigenvalue weighted by Gasteiger charge is -2.24. The van der Waals surface area contributed by atoms with Crippen molar-refractivity contribution >= 4 is 39.0 Å². The lowest BCUT2D eigenvalue weighted by atomic mass is 9.85. The first kappa shape index (κ1) is 18.5. The molecule has 0 saturated heterocycles. The molecule has 1 aromatic heterocycles. The zero-order chi connectivity index (χ0) is 22.1. The maximum Gasteiger partial charge on any atom is 0.0695 e. The van der Waals surface area contributed by atoms with Crippen LogP contribution < -0.4 is 5.73 Å². The maximum atomic E-state index is 6.74. The van der Waals surface area contributed by atoms with Gasteiger partial charge in [-0.25, -0.2) is 0 Å². The molecule has 0 unspecified atom stereocenters. The molecule has 4 aromatic carbocycles. The van der Waals surface area contributed by atoms with Crippen molar-refractivity contribution in [3.63, 3.8) is 0 Å². The number of hydrogen-bond acceptors (Lipinski definition) is 1. The fourth-order valence-electron chi connectivity index (χ4n) is 6.04. The van der Waals surface area contributed by atoms with Crippen LogP contribution in [0.5, 0.6) is 0 Å². The van der Waals surface area contributed by atoms with E-state index in [4.69, 9.17) is 5.73 Å². The number of rotatable bonds is 2. The number of aromatic nitrogens is 1. The van der Waals surface area contributed by atoms with Gasteiger partial charge in [-0.1, -0.05) is 78.9 Å². The van der Waals surface area contributed by atoms with E-state index in [0.29, 0.717) is 0 Å². The number of nitrogens with two attached hydrogens (primary N) is 1. The highest BCUT2D eigenvalue weighted by atomic mass is 15.0. The highest BCUT2D eigenvalue weighted by Gasteiger charge is 2.33. The Morgan fingerprint density at radius 1 is 0.788 bits per heavy atom. The monoisotopic (exact) mass is 424 g/mol. The fourth-order valence-corrected chi connectivity index (χ4v) is 6.04. The first-order valence-corrected chi connectivity index (χ1v) is 11.7. The third kappa shape index (κ3) is 2.33. The third-order valence-electron chi connectivity index (χ3n) is 7.29. The van der Waals surface area contributed by atoms with Gasteiger partial charge in [-0.05, 0) is 70.7 Å². The van der Waals surface area contributed by atoms with Gasteiger partial charge in [-0.15, -0.1) is 0 Å². The van der Waals surface area contributed by atoms with E-state index in [-0.39, 0.29) is 0 Å². The molecule has 0 aliphatic heterocycles. The van der Waals surface area contributed by atoms with Crippen LogP contribution in [0.3, 0.4) is 0 Å². The van der Waals surface area contributed by atoms with Gasteiger partial charge in [0.25, 0.3) is 0 Å². The summed E-state index contributed by atoms with van der Waals surface area (Å²) in [4.78, 5) is 0. The minimum absolute atomic E-state index is 0.843. The van der Waals surface area contributed by atoms with Gasteiger partial charge in [0.1, 0.15) is 0 Å². The molecule has 2 nitrogen and oxygen atoms in total. The number of nitrogen functional groups attached to an aromatic ring is 1. The molecule has 33 heavy (non-hydrogen) atoms. The molecule has 2 heteroatoms. The number of fused-ring (bicyclic) bond motifs is 6. The zero-order valence-electron chi connectivity index (χ0n) is 18.6. The van der Waals surface area contributed by atoms with Crippen LogP contribution in [0, 0.1) is 0 Å². The van der Waals surface area contributed by atoms with Crippen molar-refractivity contribution in [3.05, 3.63) is 107 Å².